The molecule has 9 nitrogen and oxygen atoms in total. The third kappa shape index (κ3) is 3.35. The van der Waals surface area contributed by atoms with Gasteiger partial charge in [0.25, 0.3) is 17.5 Å². The van der Waals surface area contributed by atoms with E-state index < -0.39 is 45.0 Å². The smallest absolute Gasteiger partial charge is 0.269 e. The van der Waals surface area contributed by atoms with Crippen molar-refractivity contribution in [2.24, 2.45) is 0 Å². The van der Waals surface area contributed by atoms with Gasteiger partial charge in [-0.3, -0.25) is 24.6 Å². The lowest BCUT2D eigenvalue weighted by Gasteiger charge is -2.21. The molecule has 3 atom stereocenters. The Morgan fingerprint density at radius 1 is 1.00 bits per heavy atom. The minimum Gasteiger partial charge on any atom is -0.271 e. The van der Waals surface area contributed by atoms with E-state index in [1.807, 2.05) is 0 Å². The van der Waals surface area contributed by atoms with Gasteiger partial charge in [-0.05, 0) is 30.7 Å². The first-order valence-corrected chi connectivity index (χ1v) is 10.5. The van der Waals surface area contributed by atoms with Gasteiger partial charge < -0.3 is 0 Å². The van der Waals surface area contributed by atoms with Crippen molar-refractivity contribution in [3.63, 3.8) is 0 Å². The molecular weight excluding hydrogens is 417 g/mol. The van der Waals surface area contributed by atoms with Crippen molar-refractivity contribution in [3.05, 3.63) is 69.8 Å². The SMILES string of the molecule is O=C1c2ccccc2C(=O)N1C1CC(F)C(NS(=O)(=O)c2ccc([N+](=O)[O-])cc2)C1. The van der Waals surface area contributed by atoms with Gasteiger partial charge >= 0.3 is 0 Å². The summed E-state index contributed by atoms with van der Waals surface area (Å²) in [6.07, 6.45) is -1.86. The third-order valence-corrected chi connectivity index (χ3v) is 6.82. The molecule has 0 saturated heterocycles. The van der Waals surface area contributed by atoms with Gasteiger partial charge in [0.15, 0.2) is 0 Å². The number of non-ortho nitro benzene ring substituents is 1. The zero-order valence-electron chi connectivity index (χ0n) is 15.4. The zero-order valence-corrected chi connectivity index (χ0v) is 16.2. The predicted molar refractivity (Wildman–Crippen MR) is 102 cm³/mol. The number of hydrogen-bond donors (Lipinski definition) is 1. The van der Waals surface area contributed by atoms with Crippen LogP contribution >= 0.6 is 0 Å². The Morgan fingerprint density at radius 2 is 1.57 bits per heavy atom. The number of nitro benzene ring substituents is 1. The molecule has 2 aromatic rings. The summed E-state index contributed by atoms with van der Waals surface area (Å²) in [6.45, 7) is 0. The van der Waals surface area contributed by atoms with Crippen LogP contribution in [0.1, 0.15) is 33.6 Å². The van der Waals surface area contributed by atoms with Gasteiger partial charge in [-0.2, -0.15) is 0 Å². The first kappa shape index (κ1) is 20.1. The van der Waals surface area contributed by atoms with E-state index in [-0.39, 0.29) is 34.6 Å². The van der Waals surface area contributed by atoms with E-state index in [0.717, 1.165) is 29.2 Å². The molecule has 0 radical (unpaired) electrons. The van der Waals surface area contributed by atoms with Crippen molar-refractivity contribution in [2.75, 3.05) is 0 Å². The van der Waals surface area contributed by atoms with E-state index in [2.05, 4.69) is 4.72 Å². The number of rotatable bonds is 5. The van der Waals surface area contributed by atoms with Gasteiger partial charge in [-0.1, -0.05) is 12.1 Å². The Bertz CT molecular complexity index is 1120. The molecule has 2 aromatic carbocycles. The lowest BCUT2D eigenvalue weighted by molar-refractivity contribution is -0.384. The van der Waals surface area contributed by atoms with Gasteiger partial charge in [-0.15, -0.1) is 0 Å². The molecule has 1 aliphatic heterocycles. The predicted octanol–water partition coefficient (Wildman–Crippen LogP) is 2.04. The second-order valence-electron chi connectivity index (χ2n) is 7.15. The number of nitro groups is 1. The van der Waals surface area contributed by atoms with Crippen LogP contribution in [0.25, 0.3) is 0 Å². The Kier molecular flexibility index (Phi) is 4.86. The monoisotopic (exact) mass is 433 g/mol. The fourth-order valence-corrected chi connectivity index (χ4v) is 5.12. The van der Waals surface area contributed by atoms with Crippen LogP contribution in [-0.4, -0.2) is 48.3 Å². The Morgan fingerprint density at radius 3 is 2.10 bits per heavy atom. The maximum absolute atomic E-state index is 14.6. The number of nitrogens with one attached hydrogen (secondary N) is 1. The summed E-state index contributed by atoms with van der Waals surface area (Å²) in [4.78, 5) is 36.0. The summed E-state index contributed by atoms with van der Waals surface area (Å²) in [6, 6.07) is 8.57. The van der Waals surface area contributed by atoms with Crippen molar-refractivity contribution in [1.29, 1.82) is 0 Å². The highest BCUT2D eigenvalue weighted by molar-refractivity contribution is 7.89. The number of hydrogen-bond acceptors (Lipinski definition) is 6. The van der Waals surface area contributed by atoms with Crippen LogP contribution in [-0.2, 0) is 10.0 Å². The number of sulfonamides is 1. The van der Waals surface area contributed by atoms with Crippen LogP contribution in [0.3, 0.4) is 0 Å². The molecular formula is C19H16FN3O6S. The maximum Gasteiger partial charge on any atom is 0.269 e. The first-order valence-electron chi connectivity index (χ1n) is 9.07. The van der Waals surface area contributed by atoms with E-state index in [9.17, 15) is 32.5 Å². The Labute approximate surface area is 170 Å². The number of alkyl halides is 1. The second-order valence-corrected chi connectivity index (χ2v) is 8.86. The van der Waals surface area contributed by atoms with Crippen molar-refractivity contribution in [3.8, 4) is 0 Å². The van der Waals surface area contributed by atoms with Crippen LogP contribution in [0.5, 0.6) is 0 Å². The highest BCUT2D eigenvalue weighted by Crippen LogP contribution is 2.34. The molecule has 4 rings (SSSR count). The van der Waals surface area contributed by atoms with Gasteiger partial charge in [-0.25, -0.2) is 17.5 Å². The molecule has 30 heavy (non-hydrogen) atoms. The van der Waals surface area contributed by atoms with E-state index in [1.165, 1.54) is 12.1 Å². The lowest BCUT2D eigenvalue weighted by Crippen LogP contribution is -2.41. The van der Waals surface area contributed by atoms with Gasteiger partial charge in [0.1, 0.15) is 6.17 Å². The van der Waals surface area contributed by atoms with Crippen molar-refractivity contribution in [2.45, 2.75) is 36.0 Å². The number of imide groups is 1. The number of halogens is 1. The van der Waals surface area contributed by atoms with Crippen LogP contribution < -0.4 is 4.72 Å². The van der Waals surface area contributed by atoms with Gasteiger partial charge in [0.2, 0.25) is 10.0 Å². The number of carbonyl (C=O) groups excluding carboxylic acids is 2. The largest absolute Gasteiger partial charge is 0.271 e. The Hall–Kier alpha value is -3.18. The fourth-order valence-electron chi connectivity index (χ4n) is 3.85. The lowest BCUT2D eigenvalue weighted by atomic mass is 10.1. The van der Waals surface area contributed by atoms with Crippen LogP contribution in [0, 0.1) is 10.1 Å². The van der Waals surface area contributed by atoms with E-state index in [1.54, 1.807) is 12.1 Å². The number of nitrogens with zero attached hydrogens (tertiary/aromatic N) is 2. The second kappa shape index (κ2) is 7.26. The van der Waals surface area contributed by atoms with Crippen molar-refractivity contribution < 1.29 is 27.3 Å². The number of benzene rings is 2. The molecule has 0 aromatic heterocycles. The minimum absolute atomic E-state index is 0.0706. The van der Waals surface area contributed by atoms with Gasteiger partial charge in [0.05, 0.1) is 27.0 Å². The maximum atomic E-state index is 14.6. The molecule has 1 saturated carbocycles. The summed E-state index contributed by atoms with van der Waals surface area (Å²) >= 11 is 0. The zero-order chi connectivity index (χ0) is 21.6. The third-order valence-electron chi connectivity index (χ3n) is 5.31. The van der Waals surface area contributed by atoms with E-state index in [0.29, 0.717) is 0 Å². The molecule has 0 bridgehead atoms. The molecule has 1 heterocycles. The number of fused-ring (bicyclic) bond motifs is 1. The summed E-state index contributed by atoms with van der Waals surface area (Å²) in [7, 11) is -4.15. The highest BCUT2D eigenvalue weighted by atomic mass is 32.2. The molecule has 3 unspecified atom stereocenters. The van der Waals surface area contributed by atoms with E-state index in [4.69, 9.17) is 0 Å². The van der Waals surface area contributed by atoms with Crippen molar-refractivity contribution >= 4 is 27.5 Å². The van der Waals surface area contributed by atoms with Crippen molar-refractivity contribution in [1.82, 2.24) is 9.62 Å². The van der Waals surface area contributed by atoms with E-state index >= 15 is 0 Å². The number of amides is 2. The number of carbonyl (C=O) groups is 2. The average Bonchev–Trinajstić information content (AvgIpc) is 3.18. The molecule has 1 N–H and O–H groups in total. The average molecular weight is 433 g/mol. The summed E-state index contributed by atoms with van der Waals surface area (Å²) < 4.78 is 42.0. The minimum atomic E-state index is -4.15. The summed E-state index contributed by atoms with van der Waals surface area (Å²) in [5, 5.41) is 10.7. The van der Waals surface area contributed by atoms with Crippen LogP contribution in [0.15, 0.2) is 53.4 Å². The van der Waals surface area contributed by atoms with Crippen LogP contribution in [0.4, 0.5) is 10.1 Å². The Balaban J connectivity index is 1.50. The molecule has 1 aliphatic carbocycles. The topological polar surface area (TPSA) is 127 Å². The normalized spacial score (nSPS) is 23.6. The molecule has 1 fully saturated rings. The highest BCUT2D eigenvalue weighted by Gasteiger charge is 2.46. The van der Waals surface area contributed by atoms with Crippen LogP contribution in [0.2, 0.25) is 0 Å². The summed E-state index contributed by atoms with van der Waals surface area (Å²) in [5.74, 6) is -1.04. The summed E-state index contributed by atoms with van der Waals surface area (Å²) in [5.41, 5.74) is 0.213. The molecule has 2 amide bonds. The fraction of sp³-hybridized carbons (Fsp3) is 0.263. The molecule has 11 heteroatoms. The molecule has 2 aliphatic rings. The first-order chi connectivity index (χ1) is 14.2. The molecule has 156 valence electrons. The standard InChI is InChI=1S/C19H16FN3O6S/c20-16-9-12(22-18(24)14-3-1-2-4-15(14)19(22)25)10-17(16)21-30(28,29)13-7-5-11(6-8-13)23(26)27/h1-8,12,16-17,21H,9-10H2. The molecule has 0 spiro atoms. The quantitative estimate of drug-likeness (QED) is 0.437. The van der Waals surface area contributed by atoms with Gasteiger partial charge in [0, 0.05) is 24.6 Å².